The lowest BCUT2D eigenvalue weighted by atomic mass is 10.0. The molecule has 0 aliphatic rings. The average molecular weight is 1240 g/mol. The summed E-state index contributed by atoms with van der Waals surface area (Å²) >= 11 is 0. The van der Waals surface area contributed by atoms with Crippen molar-refractivity contribution >= 4 is 39.5 Å². The molecule has 0 rings (SSSR count). The van der Waals surface area contributed by atoms with Crippen molar-refractivity contribution in [1.29, 1.82) is 0 Å². The Morgan fingerprint density at radius 1 is 0.286 bits per heavy atom. The minimum Gasteiger partial charge on any atom is -0.462 e. The van der Waals surface area contributed by atoms with Gasteiger partial charge in [0.15, 0.2) is 12.2 Å². The molecule has 0 radical (unpaired) electrons. The molecule has 0 aromatic carbocycles. The number of ether oxygens (including phenoxy) is 4. The van der Waals surface area contributed by atoms with E-state index in [0.29, 0.717) is 25.7 Å². The van der Waals surface area contributed by atoms with Crippen molar-refractivity contribution in [2.75, 3.05) is 39.6 Å². The van der Waals surface area contributed by atoms with E-state index in [1.165, 1.54) is 167 Å². The van der Waals surface area contributed by atoms with Gasteiger partial charge in [-0.15, -0.1) is 0 Å². The third-order valence-corrected chi connectivity index (χ3v) is 17.0. The second-order valence-electron chi connectivity index (χ2n) is 23.5. The van der Waals surface area contributed by atoms with Crippen LogP contribution >= 0.6 is 15.6 Å². The predicted molar refractivity (Wildman–Crippen MR) is 335 cm³/mol. The fourth-order valence-electron chi connectivity index (χ4n) is 9.81. The molecule has 0 amide bonds. The molecule has 0 aliphatic heterocycles. The maximum Gasteiger partial charge on any atom is 0.472 e. The Morgan fingerprint density at radius 3 is 0.702 bits per heavy atom. The SMILES string of the molecule is CCCCCCCCCCCCCCCCC(=O)O[C@H](COC(=O)CCCCCCCCCCCCC)COP(=O)(O)OC[C@@H](O)COP(=O)(O)OC[C@@H](COC(=O)CCCCCCCCCCC)OC(=O)CCCCCCCCCCCC. The van der Waals surface area contributed by atoms with Gasteiger partial charge >= 0.3 is 39.5 Å². The zero-order valence-corrected chi connectivity index (χ0v) is 55.7. The molecule has 0 aromatic rings. The number of phosphoric ester groups is 2. The molecule has 17 nitrogen and oxygen atoms in total. The number of carbonyl (C=O) groups is 4. The van der Waals surface area contributed by atoms with Crippen LogP contribution in [0, 0.1) is 0 Å². The fraction of sp³-hybridized carbons (Fsp3) is 0.938. The molecule has 5 atom stereocenters. The largest absolute Gasteiger partial charge is 0.472 e. The first kappa shape index (κ1) is 82.1. The van der Waals surface area contributed by atoms with Crippen molar-refractivity contribution in [1.82, 2.24) is 0 Å². The van der Waals surface area contributed by atoms with Crippen LogP contribution in [0.15, 0.2) is 0 Å². The van der Waals surface area contributed by atoms with Crippen molar-refractivity contribution in [2.24, 2.45) is 0 Å². The van der Waals surface area contributed by atoms with E-state index in [-0.39, 0.29) is 25.7 Å². The summed E-state index contributed by atoms with van der Waals surface area (Å²) in [6.45, 7) is 4.88. The third-order valence-electron chi connectivity index (χ3n) is 15.1. The molecule has 0 heterocycles. The van der Waals surface area contributed by atoms with Crippen LogP contribution < -0.4 is 0 Å². The number of hydrogen-bond donors (Lipinski definition) is 3. The minimum absolute atomic E-state index is 0.107. The van der Waals surface area contributed by atoms with Crippen molar-refractivity contribution in [3.05, 3.63) is 0 Å². The van der Waals surface area contributed by atoms with Crippen LogP contribution in [-0.4, -0.2) is 96.7 Å². The molecule has 19 heteroatoms. The Hall–Kier alpha value is -1.94. The van der Waals surface area contributed by atoms with E-state index in [9.17, 15) is 43.2 Å². The van der Waals surface area contributed by atoms with Crippen molar-refractivity contribution < 1.29 is 80.2 Å². The average Bonchev–Trinajstić information content (AvgIpc) is 3.53. The van der Waals surface area contributed by atoms with Crippen molar-refractivity contribution in [3.8, 4) is 0 Å². The Balaban J connectivity index is 5.22. The zero-order chi connectivity index (χ0) is 61.9. The molecular formula is C65H126O17P2. The molecule has 84 heavy (non-hydrogen) atoms. The lowest BCUT2D eigenvalue weighted by Crippen LogP contribution is -2.30. The highest BCUT2D eigenvalue weighted by Gasteiger charge is 2.30. The smallest absolute Gasteiger partial charge is 0.462 e. The zero-order valence-electron chi connectivity index (χ0n) is 53.9. The number of carbonyl (C=O) groups excluding carboxylic acids is 4. The highest BCUT2D eigenvalue weighted by molar-refractivity contribution is 7.47. The van der Waals surface area contributed by atoms with E-state index >= 15 is 0 Å². The molecule has 0 aliphatic carbocycles. The number of rotatable bonds is 66. The Labute approximate surface area is 511 Å². The van der Waals surface area contributed by atoms with Crippen LogP contribution in [0.1, 0.15) is 336 Å². The second-order valence-corrected chi connectivity index (χ2v) is 26.4. The van der Waals surface area contributed by atoms with Gasteiger partial charge in [-0.05, 0) is 25.7 Å². The summed E-state index contributed by atoms with van der Waals surface area (Å²) < 4.78 is 68.0. The molecular weight excluding hydrogens is 1110 g/mol. The normalized spacial score (nSPS) is 14.1. The van der Waals surface area contributed by atoms with Gasteiger partial charge in [0.05, 0.1) is 26.4 Å². The summed E-state index contributed by atoms with van der Waals surface area (Å²) in [6, 6.07) is 0. The van der Waals surface area contributed by atoms with Crippen LogP contribution in [0.2, 0.25) is 0 Å². The van der Waals surface area contributed by atoms with E-state index in [4.69, 9.17) is 37.0 Å². The van der Waals surface area contributed by atoms with E-state index in [2.05, 4.69) is 27.7 Å². The number of aliphatic hydroxyl groups excluding tert-OH is 1. The van der Waals surface area contributed by atoms with E-state index in [1.807, 2.05) is 0 Å². The highest BCUT2D eigenvalue weighted by Crippen LogP contribution is 2.45. The van der Waals surface area contributed by atoms with E-state index in [1.54, 1.807) is 0 Å². The number of phosphoric acid groups is 2. The molecule has 0 saturated heterocycles. The van der Waals surface area contributed by atoms with Gasteiger partial charge in [0.1, 0.15) is 19.3 Å². The number of esters is 4. The molecule has 0 aromatic heterocycles. The third kappa shape index (κ3) is 59.0. The molecule has 0 saturated carbocycles. The monoisotopic (exact) mass is 1240 g/mol. The van der Waals surface area contributed by atoms with Crippen molar-refractivity contribution in [2.45, 2.75) is 354 Å². The Bertz CT molecular complexity index is 1620. The predicted octanol–water partition coefficient (Wildman–Crippen LogP) is 18.3. The van der Waals surface area contributed by atoms with Crippen LogP contribution in [0.5, 0.6) is 0 Å². The Morgan fingerprint density at radius 2 is 0.476 bits per heavy atom. The van der Waals surface area contributed by atoms with Gasteiger partial charge in [0.25, 0.3) is 0 Å². The van der Waals surface area contributed by atoms with E-state index in [0.717, 1.165) is 89.9 Å². The van der Waals surface area contributed by atoms with Crippen LogP contribution in [0.4, 0.5) is 0 Å². The number of unbranched alkanes of at least 4 members (excludes halogenated alkanes) is 40. The standard InChI is InChI=1S/C65H126O17P2/c1-5-9-13-17-21-25-28-29-30-32-36-40-44-48-52-65(70)82-61(56-76-63(68)50-46-42-38-35-31-26-22-18-14-10-6-2)58-80-84(73,74)78-54-59(66)53-77-83(71,72)79-57-60(55-75-62(67)49-45-41-37-33-24-20-16-12-8-4)81-64(69)51-47-43-39-34-27-23-19-15-11-7-3/h59-61,66H,5-58H2,1-4H3,(H,71,72)(H,73,74)/t59-,60+,61+/m0/s1. The molecule has 0 fully saturated rings. The summed E-state index contributed by atoms with van der Waals surface area (Å²) in [5.41, 5.74) is 0. The first-order valence-corrected chi connectivity index (χ1v) is 37.3. The summed E-state index contributed by atoms with van der Waals surface area (Å²) in [7, 11) is -9.88. The summed E-state index contributed by atoms with van der Waals surface area (Å²) in [4.78, 5) is 72.2. The first-order valence-electron chi connectivity index (χ1n) is 34.3. The second kappa shape index (κ2) is 60.0. The van der Waals surface area contributed by atoms with Crippen LogP contribution in [0.3, 0.4) is 0 Å². The lowest BCUT2D eigenvalue weighted by molar-refractivity contribution is -0.161. The molecule has 0 spiro atoms. The van der Waals surface area contributed by atoms with E-state index < -0.39 is 97.5 Å². The fourth-order valence-corrected chi connectivity index (χ4v) is 11.4. The lowest BCUT2D eigenvalue weighted by Gasteiger charge is -2.21. The van der Waals surface area contributed by atoms with Gasteiger partial charge in [-0.2, -0.15) is 0 Å². The van der Waals surface area contributed by atoms with Gasteiger partial charge in [-0.3, -0.25) is 37.3 Å². The van der Waals surface area contributed by atoms with Gasteiger partial charge in [-0.1, -0.05) is 285 Å². The van der Waals surface area contributed by atoms with Gasteiger partial charge < -0.3 is 33.8 Å². The van der Waals surface area contributed by atoms with Gasteiger partial charge in [0.2, 0.25) is 0 Å². The first-order chi connectivity index (χ1) is 40.7. The number of aliphatic hydroxyl groups is 1. The molecule has 0 bridgehead atoms. The Kier molecular flexibility index (Phi) is 58.6. The summed E-state index contributed by atoms with van der Waals surface area (Å²) in [5, 5.41) is 10.5. The van der Waals surface area contributed by atoms with Crippen LogP contribution in [-0.2, 0) is 65.4 Å². The minimum atomic E-state index is -4.94. The van der Waals surface area contributed by atoms with Crippen molar-refractivity contribution in [3.63, 3.8) is 0 Å². The summed E-state index contributed by atoms with van der Waals surface area (Å²) in [6.07, 6.45) is 45.6. The molecule has 2 unspecified atom stereocenters. The topological polar surface area (TPSA) is 237 Å². The van der Waals surface area contributed by atoms with Gasteiger partial charge in [0, 0.05) is 25.7 Å². The maximum absolute atomic E-state index is 13.0. The quantitative estimate of drug-likeness (QED) is 0.0222. The van der Waals surface area contributed by atoms with Gasteiger partial charge in [-0.25, -0.2) is 9.13 Å². The number of hydrogen-bond acceptors (Lipinski definition) is 15. The van der Waals surface area contributed by atoms with Crippen LogP contribution in [0.25, 0.3) is 0 Å². The maximum atomic E-state index is 13.0. The highest BCUT2D eigenvalue weighted by atomic mass is 31.2. The summed E-state index contributed by atoms with van der Waals surface area (Å²) in [5.74, 6) is -2.13. The molecule has 3 N–H and O–H groups in total. The molecule has 498 valence electrons.